The first kappa shape index (κ1) is 14.8. The number of para-hydroxylation sites is 1. The molecule has 0 unspecified atom stereocenters. The summed E-state index contributed by atoms with van der Waals surface area (Å²) in [5.41, 5.74) is -0.106. The van der Waals surface area contributed by atoms with Crippen LogP contribution < -0.4 is 10.6 Å². The van der Waals surface area contributed by atoms with Crippen LogP contribution in [-0.2, 0) is 6.18 Å². The van der Waals surface area contributed by atoms with Crippen molar-refractivity contribution in [3.63, 3.8) is 0 Å². The molecule has 1 aromatic heterocycles. The molecule has 0 spiro atoms. The highest BCUT2D eigenvalue weighted by Crippen LogP contribution is 2.29. The fraction of sp³-hybridized carbons (Fsp3) is 0.143. The molecule has 1 aromatic carbocycles. The number of carbonyl (C=O) groups is 1. The summed E-state index contributed by atoms with van der Waals surface area (Å²) in [6.07, 6.45) is -4.50. The van der Waals surface area contributed by atoms with Gasteiger partial charge in [-0.3, -0.25) is 0 Å². The zero-order chi connectivity index (χ0) is 15.5. The molecule has 0 aliphatic rings. The average molecular weight is 295 g/mol. The van der Waals surface area contributed by atoms with Crippen LogP contribution in [0.3, 0.4) is 0 Å². The normalized spacial score (nSPS) is 11.0. The van der Waals surface area contributed by atoms with Crippen molar-refractivity contribution >= 4 is 17.4 Å². The number of urea groups is 1. The molecule has 0 radical (unpaired) electrons. The van der Waals surface area contributed by atoms with Crippen LogP contribution in [0.5, 0.6) is 0 Å². The number of hydrogen-bond acceptors (Lipinski definition) is 2. The number of alkyl halides is 3. The van der Waals surface area contributed by atoms with Crippen LogP contribution in [0.1, 0.15) is 11.4 Å². The zero-order valence-corrected chi connectivity index (χ0v) is 11.0. The van der Waals surface area contributed by atoms with Crippen LogP contribution in [-0.4, -0.2) is 11.0 Å². The lowest BCUT2D eigenvalue weighted by atomic mass is 10.2. The topological polar surface area (TPSA) is 54.0 Å². The third-order valence-corrected chi connectivity index (χ3v) is 2.66. The van der Waals surface area contributed by atoms with E-state index in [2.05, 4.69) is 15.6 Å². The van der Waals surface area contributed by atoms with Gasteiger partial charge in [0, 0.05) is 5.69 Å². The largest absolute Gasteiger partial charge is 0.433 e. The minimum atomic E-state index is -4.50. The number of benzene rings is 1. The van der Waals surface area contributed by atoms with E-state index < -0.39 is 17.9 Å². The number of aryl methyl sites for hydroxylation is 1. The molecule has 4 nitrogen and oxygen atoms in total. The Balaban J connectivity index is 2.08. The highest BCUT2D eigenvalue weighted by Gasteiger charge is 2.32. The maximum atomic E-state index is 12.5. The van der Waals surface area contributed by atoms with Gasteiger partial charge in [-0.1, -0.05) is 18.2 Å². The fourth-order valence-electron chi connectivity index (χ4n) is 1.66. The van der Waals surface area contributed by atoms with Gasteiger partial charge < -0.3 is 10.6 Å². The maximum absolute atomic E-state index is 12.5. The Bertz CT molecular complexity index is 642. The second kappa shape index (κ2) is 5.82. The number of nitrogens with one attached hydrogen (secondary N) is 2. The van der Waals surface area contributed by atoms with Crippen molar-refractivity contribution in [1.82, 2.24) is 4.98 Å². The Hall–Kier alpha value is -2.57. The molecule has 0 saturated heterocycles. The summed E-state index contributed by atoms with van der Waals surface area (Å²) in [5, 5.41) is 5.02. The zero-order valence-electron chi connectivity index (χ0n) is 11.0. The first-order valence-electron chi connectivity index (χ1n) is 6.04. The number of carbonyl (C=O) groups excluding carboxylic acids is 1. The Morgan fingerprint density at radius 3 is 2.29 bits per heavy atom. The molecule has 7 heteroatoms. The van der Waals surface area contributed by atoms with Crippen molar-refractivity contribution in [2.45, 2.75) is 13.1 Å². The smallest absolute Gasteiger partial charge is 0.308 e. The van der Waals surface area contributed by atoms with Gasteiger partial charge in [0.25, 0.3) is 0 Å². The first-order valence-corrected chi connectivity index (χ1v) is 6.04. The Kier molecular flexibility index (Phi) is 4.11. The number of hydrogen-bond donors (Lipinski definition) is 2. The van der Waals surface area contributed by atoms with Gasteiger partial charge in [0.05, 0.1) is 11.4 Å². The van der Waals surface area contributed by atoms with Crippen LogP contribution in [0.4, 0.5) is 29.3 Å². The molecule has 2 N–H and O–H groups in total. The van der Waals surface area contributed by atoms with Gasteiger partial charge in [-0.15, -0.1) is 0 Å². The Labute approximate surface area is 119 Å². The van der Waals surface area contributed by atoms with E-state index in [0.717, 1.165) is 6.07 Å². The highest BCUT2D eigenvalue weighted by molar-refractivity contribution is 6.00. The SMILES string of the molecule is Cc1nc(C(F)(F)F)ccc1NC(=O)Nc1ccccc1. The van der Waals surface area contributed by atoms with E-state index in [0.29, 0.717) is 5.69 Å². The lowest BCUT2D eigenvalue weighted by molar-refractivity contribution is -0.141. The number of pyridine rings is 1. The van der Waals surface area contributed by atoms with Gasteiger partial charge in [0.15, 0.2) is 0 Å². The third-order valence-electron chi connectivity index (χ3n) is 2.66. The van der Waals surface area contributed by atoms with Crippen LogP contribution in [0.2, 0.25) is 0 Å². The maximum Gasteiger partial charge on any atom is 0.433 e. The second-order valence-electron chi connectivity index (χ2n) is 4.27. The van der Waals surface area contributed by atoms with Crippen molar-refractivity contribution in [1.29, 1.82) is 0 Å². The quantitative estimate of drug-likeness (QED) is 0.878. The molecule has 0 atom stereocenters. The van der Waals surface area contributed by atoms with Crippen LogP contribution >= 0.6 is 0 Å². The van der Waals surface area contributed by atoms with Gasteiger partial charge >= 0.3 is 12.2 Å². The van der Waals surface area contributed by atoms with Crippen LogP contribution in [0, 0.1) is 6.92 Å². The van der Waals surface area contributed by atoms with E-state index >= 15 is 0 Å². The minimum absolute atomic E-state index is 0.0908. The summed E-state index contributed by atoms with van der Waals surface area (Å²) in [7, 11) is 0. The lowest BCUT2D eigenvalue weighted by Crippen LogP contribution is -2.20. The van der Waals surface area contributed by atoms with E-state index in [1.807, 2.05) is 0 Å². The second-order valence-corrected chi connectivity index (χ2v) is 4.27. The Morgan fingerprint density at radius 1 is 1.05 bits per heavy atom. The number of nitrogens with zero attached hydrogens (tertiary/aromatic N) is 1. The van der Waals surface area contributed by atoms with Crippen molar-refractivity contribution in [3.05, 3.63) is 53.9 Å². The number of rotatable bonds is 2. The van der Waals surface area contributed by atoms with Crippen molar-refractivity contribution in [2.75, 3.05) is 10.6 Å². The standard InChI is InChI=1S/C14H12F3N3O/c1-9-11(7-8-12(18-9)14(15,16)17)20-13(21)19-10-5-3-2-4-6-10/h2-8H,1H3,(H2,19,20,21). The summed E-state index contributed by atoms with van der Waals surface area (Å²) in [4.78, 5) is 15.2. The van der Waals surface area contributed by atoms with E-state index in [-0.39, 0.29) is 11.4 Å². The monoisotopic (exact) mass is 295 g/mol. The molecule has 0 fully saturated rings. The van der Waals surface area contributed by atoms with E-state index in [4.69, 9.17) is 0 Å². The van der Waals surface area contributed by atoms with Gasteiger partial charge in [-0.2, -0.15) is 13.2 Å². The van der Waals surface area contributed by atoms with Crippen LogP contribution in [0.25, 0.3) is 0 Å². The van der Waals surface area contributed by atoms with Crippen molar-refractivity contribution in [2.24, 2.45) is 0 Å². The minimum Gasteiger partial charge on any atom is -0.308 e. The van der Waals surface area contributed by atoms with Gasteiger partial charge in [-0.25, -0.2) is 9.78 Å². The molecule has 21 heavy (non-hydrogen) atoms. The van der Waals surface area contributed by atoms with Gasteiger partial charge in [0.1, 0.15) is 5.69 Å². The summed E-state index contributed by atoms with van der Waals surface area (Å²) in [6, 6.07) is 10.1. The summed E-state index contributed by atoms with van der Waals surface area (Å²) < 4.78 is 37.5. The van der Waals surface area contributed by atoms with Crippen molar-refractivity contribution < 1.29 is 18.0 Å². The van der Waals surface area contributed by atoms with Gasteiger partial charge in [0.2, 0.25) is 0 Å². The first-order chi connectivity index (χ1) is 9.86. The highest BCUT2D eigenvalue weighted by atomic mass is 19.4. The van der Waals surface area contributed by atoms with Gasteiger partial charge in [-0.05, 0) is 31.2 Å². The number of halogens is 3. The molecule has 2 aromatic rings. The summed E-state index contributed by atoms with van der Waals surface area (Å²) >= 11 is 0. The van der Waals surface area contributed by atoms with Crippen LogP contribution in [0.15, 0.2) is 42.5 Å². The van der Waals surface area contributed by atoms with E-state index in [9.17, 15) is 18.0 Å². The summed E-state index contributed by atoms with van der Waals surface area (Å²) in [6.45, 7) is 1.40. The number of amides is 2. The predicted octanol–water partition coefficient (Wildman–Crippen LogP) is 4.05. The third kappa shape index (κ3) is 3.95. The molecular weight excluding hydrogens is 283 g/mol. The molecule has 0 aliphatic heterocycles. The fourth-order valence-corrected chi connectivity index (χ4v) is 1.66. The number of anilines is 2. The molecule has 2 amide bonds. The summed E-state index contributed by atoms with van der Waals surface area (Å²) in [5.74, 6) is 0. The molecule has 2 rings (SSSR count). The predicted molar refractivity (Wildman–Crippen MR) is 73.1 cm³/mol. The molecule has 0 aliphatic carbocycles. The number of aromatic nitrogens is 1. The molecule has 1 heterocycles. The molecule has 0 saturated carbocycles. The Morgan fingerprint density at radius 2 is 1.71 bits per heavy atom. The van der Waals surface area contributed by atoms with E-state index in [1.54, 1.807) is 30.3 Å². The lowest BCUT2D eigenvalue weighted by Gasteiger charge is -2.11. The average Bonchev–Trinajstić information content (AvgIpc) is 2.41. The molecule has 0 bridgehead atoms. The molecular formula is C14H12F3N3O. The van der Waals surface area contributed by atoms with Crippen molar-refractivity contribution in [3.8, 4) is 0 Å². The van der Waals surface area contributed by atoms with E-state index in [1.165, 1.54) is 13.0 Å². The molecule has 110 valence electrons.